The number of hydroxylamine groups is 3. The van der Waals surface area contributed by atoms with Crippen LogP contribution in [-0.2, 0) is 15.2 Å². The number of ether oxygens (including phenoxy) is 1. The summed E-state index contributed by atoms with van der Waals surface area (Å²) >= 11 is 0. The van der Waals surface area contributed by atoms with Crippen LogP contribution in [0.5, 0.6) is 0 Å². The summed E-state index contributed by atoms with van der Waals surface area (Å²) in [6, 6.07) is 10.5. The van der Waals surface area contributed by atoms with Gasteiger partial charge in [-0.25, -0.2) is 0 Å². The first-order valence-electron chi connectivity index (χ1n) is 7.23. The molecule has 5 rings (SSSR count). The molecular weight excluding hydrogens is 240 g/mol. The highest BCUT2D eigenvalue weighted by Gasteiger charge is 2.50. The van der Waals surface area contributed by atoms with Gasteiger partial charge in [0.15, 0.2) is 0 Å². The molecule has 0 saturated carbocycles. The van der Waals surface area contributed by atoms with Crippen LogP contribution >= 0.6 is 0 Å². The minimum atomic E-state index is -0.164. The summed E-state index contributed by atoms with van der Waals surface area (Å²) in [5.41, 5.74) is 1.09. The van der Waals surface area contributed by atoms with Crippen LogP contribution in [0.1, 0.15) is 5.56 Å². The number of epoxide rings is 1. The Morgan fingerprint density at radius 1 is 1.11 bits per heavy atom. The van der Waals surface area contributed by atoms with Crippen molar-refractivity contribution in [3.63, 3.8) is 0 Å². The molecule has 0 radical (unpaired) electrons. The van der Waals surface area contributed by atoms with Gasteiger partial charge in [0.05, 0.1) is 26.2 Å². The third-order valence-corrected chi connectivity index (χ3v) is 4.84. The third kappa shape index (κ3) is 2.09. The third-order valence-electron chi connectivity index (χ3n) is 4.84. The van der Waals surface area contributed by atoms with E-state index in [4.69, 9.17) is 9.57 Å². The molecule has 2 bridgehead atoms. The lowest BCUT2D eigenvalue weighted by atomic mass is 10.0. The van der Waals surface area contributed by atoms with Gasteiger partial charge in [-0.2, -0.15) is 9.48 Å². The van der Waals surface area contributed by atoms with E-state index in [1.54, 1.807) is 0 Å². The molecule has 0 aliphatic carbocycles. The SMILES string of the molecule is c1ccc(C2(CO[N+]34CCN(CC3)CC4)CO2)cc1. The average molecular weight is 261 g/mol. The van der Waals surface area contributed by atoms with E-state index >= 15 is 0 Å². The minimum absolute atomic E-state index is 0.164. The normalized spacial score (nSPS) is 40.3. The van der Waals surface area contributed by atoms with Crippen LogP contribution in [0, 0.1) is 0 Å². The van der Waals surface area contributed by atoms with Crippen molar-refractivity contribution in [1.82, 2.24) is 4.90 Å². The summed E-state index contributed by atoms with van der Waals surface area (Å²) in [6.45, 7) is 8.42. The van der Waals surface area contributed by atoms with E-state index in [1.165, 1.54) is 25.2 Å². The van der Waals surface area contributed by atoms with E-state index in [1.807, 2.05) is 6.07 Å². The Bertz CT molecular complexity index is 437. The van der Waals surface area contributed by atoms with Crippen molar-refractivity contribution < 1.29 is 14.2 Å². The molecule has 1 aromatic carbocycles. The number of quaternary nitrogens is 1. The average Bonchev–Trinajstić information content (AvgIpc) is 3.30. The van der Waals surface area contributed by atoms with E-state index in [0.29, 0.717) is 6.61 Å². The van der Waals surface area contributed by atoms with E-state index in [9.17, 15) is 0 Å². The van der Waals surface area contributed by atoms with Crippen molar-refractivity contribution in [2.45, 2.75) is 5.60 Å². The van der Waals surface area contributed by atoms with E-state index < -0.39 is 0 Å². The monoisotopic (exact) mass is 261 g/mol. The van der Waals surface area contributed by atoms with Gasteiger partial charge in [-0.15, -0.1) is 0 Å². The van der Waals surface area contributed by atoms with Gasteiger partial charge in [0.25, 0.3) is 0 Å². The molecule has 1 aromatic rings. The summed E-state index contributed by atoms with van der Waals surface area (Å²) in [7, 11) is 0. The van der Waals surface area contributed by atoms with Crippen molar-refractivity contribution in [2.75, 3.05) is 52.5 Å². The van der Waals surface area contributed by atoms with E-state index in [2.05, 4.69) is 29.2 Å². The van der Waals surface area contributed by atoms with Gasteiger partial charge in [-0.05, 0) is 5.56 Å². The zero-order chi connectivity index (χ0) is 12.8. The van der Waals surface area contributed by atoms with Crippen molar-refractivity contribution in [3.05, 3.63) is 35.9 Å². The van der Waals surface area contributed by atoms with Gasteiger partial charge in [0.2, 0.25) is 0 Å². The lowest BCUT2D eigenvalue weighted by Gasteiger charge is -2.47. The van der Waals surface area contributed by atoms with Crippen LogP contribution in [0.3, 0.4) is 0 Å². The van der Waals surface area contributed by atoms with Gasteiger partial charge in [0, 0.05) is 0 Å². The highest BCUT2D eigenvalue weighted by atomic mass is 16.7. The lowest BCUT2D eigenvalue weighted by molar-refractivity contribution is -1.11. The fraction of sp³-hybridized carbons (Fsp3) is 0.600. The van der Waals surface area contributed by atoms with Crippen molar-refractivity contribution in [2.24, 2.45) is 0 Å². The van der Waals surface area contributed by atoms with Gasteiger partial charge in [-0.3, -0.25) is 4.90 Å². The molecule has 4 heterocycles. The van der Waals surface area contributed by atoms with Gasteiger partial charge in [-0.1, -0.05) is 30.3 Å². The van der Waals surface area contributed by atoms with E-state index in [0.717, 1.165) is 30.9 Å². The molecule has 4 fully saturated rings. The fourth-order valence-electron chi connectivity index (χ4n) is 3.24. The summed E-state index contributed by atoms with van der Waals surface area (Å²) in [5.74, 6) is 0. The molecule has 0 aromatic heterocycles. The molecule has 0 spiro atoms. The largest absolute Gasteiger partial charge is 0.362 e. The zero-order valence-corrected chi connectivity index (χ0v) is 11.3. The molecule has 1 unspecified atom stereocenters. The zero-order valence-electron chi connectivity index (χ0n) is 11.3. The van der Waals surface area contributed by atoms with Crippen LogP contribution in [0.2, 0.25) is 0 Å². The fourth-order valence-corrected chi connectivity index (χ4v) is 3.24. The summed E-state index contributed by atoms with van der Waals surface area (Å²) in [6.07, 6.45) is 0. The topological polar surface area (TPSA) is 25.0 Å². The number of hydrogen-bond acceptors (Lipinski definition) is 3. The lowest BCUT2D eigenvalue weighted by Crippen LogP contribution is -2.67. The molecule has 4 nitrogen and oxygen atoms in total. The summed E-state index contributed by atoms with van der Waals surface area (Å²) < 4.78 is 6.57. The molecule has 4 heteroatoms. The molecule has 4 saturated heterocycles. The number of nitrogens with zero attached hydrogens (tertiary/aromatic N) is 2. The van der Waals surface area contributed by atoms with Crippen LogP contribution in [0.25, 0.3) is 0 Å². The Labute approximate surface area is 114 Å². The molecule has 0 N–H and O–H groups in total. The maximum absolute atomic E-state index is 6.33. The maximum Gasteiger partial charge on any atom is 0.146 e. The second-order valence-electron chi connectivity index (χ2n) is 5.99. The number of fused-ring (bicyclic) bond motifs is 3. The first-order valence-corrected chi connectivity index (χ1v) is 7.23. The van der Waals surface area contributed by atoms with Crippen LogP contribution in [0.4, 0.5) is 0 Å². The molecular formula is C15H21N2O2+. The number of piperazine rings is 3. The van der Waals surface area contributed by atoms with Gasteiger partial charge >= 0.3 is 0 Å². The quantitative estimate of drug-likeness (QED) is 0.597. The Morgan fingerprint density at radius 2 is 1.74 bits per heavy atom. The second kappa shape index (κ2) is 4.28. The summed E-state index contributed by atoms with van der Waals surface area (Å²) in [5, 5.41) is 0. The maximum atomic E-state index is 6.33. The van der Waals surface area contributed by atoms with Crippen molar-refractivity contribution >= 4 is 0 Å². The first-order chi connectivity index (χ1) is 9.30. The predicted molar refractivity (Wildman–Crippen MR) is 71.3 cm³/mol. The Morgan fingerprint density at radius 3 is 2.32 bits per heavy atom. The second-order valence-corrected chi connectivity index (χ2v) is 5.99. The van der Waals surface area contributed by atoms with Crippen molar-refractivity contribution in [1.29, 1.82) is 0 Å². The number of hydrogen-bond donors (Lipinski definition) is 0. The van der Waals surface area contributed by atoms with Crippen LogP contribution < -0.4 is 0 Å². The molecule has 4 aliphatic rings. The molecule has 4 aliphatic heterocycles. The highest BCUT2D eigenvalue weighted by molar-refractivity contribution is 5.26. The van der Waals surface area contributed by atoms with Gasteiger partial charge < -0.3 is 4.74 Å². The minimum Gasteiger partial charge on any atom is -0.362 e. The molecule has 0 amide bonds. The Kier molecular flexibility index (Phi) is 2.67. The number of benzene rings is 1. The number of rotatable bonds is 4. The predicted octanol–water partition coefficient (Wildman–Crippen LogP) is 0.990. The van der Waals surface area contributed by atoms with Crippen molar-refractivity contribution in [3.8, 4) is 0 Å². The van der Waals surface area contributed by atoms with E-state index in [-0.39, 0.29) is 5.60 Å². The molecule has 1 atom stereocenters. The van der Waals surface area contributed by atoms with Crippen LogP contribution in [-0.4, -0.2) is 62.0 Å². The van der Waals surface area contributed by atoms with Gasteiger partial charge in [0.1, 0.15) is 31.8 Å². The molecule has 19 heavy (non-hydrogen) atoms. The molecule has 102 valence electrons. The first kappa shape index (κ1) is 11.9. The highest BCUT2D eigenvalue weighted by Crippen LogP contribution is 2.39. The Hall–Kier alpha value is -0.940. The smallest absolute Gasteiger partial charge is 0.146 e. The standard InChI is InChI=1S/C15H21N2O2/c1-2-4-14(5-3-1)15(12-18-15)13-19-17-9-6-16(7-10-17)8-11-17/h1-5H,6-13H2/q+1. The van der Waals surface area contributed by atoms with Crippen LogP contribution in [0.15, 0.2) is 30.3 Å². The Balaban J connectivity index is 1.45. The summed E-state index contributed by atoms with van der Waals surface area (Å²) in [4.78, 5) is 8.86.